The fourth-order valence-electron chi connectivity index (χ4n) is 3.77. The van der Waals surface area contributed by atoms with Gasteiger partial charge < -0.3 is 4.90 Å². The Balaban J connectivity index is 1.45. The number of carbonyl (C=O) groups excluding carboxylic acids is 1. The average molecular weight is 365 g/mol. The van der Waals surface area contributed by atoms with Crippen LogP contribution >= 0.6 is 0 Å². The number of amides is 1. The Hall–Kier alpha value is -2.96. The van der Waals surface area contributed by atoms with Crippen molar-refractivity contribution < 1.29 is 4.79 Å². The molecule has 140 valence electrons. The minimum Gasteiger partial charge on any atom is -0.337 e. The third-order valence-electron chi connectivity index (χ3n) is 5.29. The molecular weight excluding hydrogens is 342 g/mol. The fourth-order valence-corrected chi connectivity index (χ4v) is 3.77. The number of hydrogen-bond donors (Lipinski definition) is 0. The number of para-hydroxylation sites is 1. The lowest BCUT2D eigenvalue weighted by molar-refractivity contribution is 0.0675. The molecule has 0 saturated carbocycles. The van der Waals surface area contributed by atoms with Crippen molar-refractivity contribution in [1.29, 1.82) is 0 Å². The summed E-state index contributed by atoms with van der Waals surface area (Å²) < 4.78 is 3.30. The molecule has 0 radical (unpaired) electrons. The number of likely N-dealkylation sites (tertiary alicyclic amines) is 1. The van der Waals surface area contributed by atoms with E-state index in [4.69, 9.17) is 0 Å². The van der Waals surface area contributed by atoms with Crippen molar-refractivity contribution in [2.75, 3.05) is 13.1 Å². The van der Waals surface area contributed by atoms with Crippen LogP contribution in [0.15, 0.2) is 41.2 Å². The highest BCUT2D eigenvalue weighted by Gasteiger charge is 2.27. The van der Waals surface area contributed by atoms with Gasteiger partial charge in [-0.2, -0.15) is 10.2 Å². The zero-order chi connectivity index (χ0) is 19.0. The second kappa shape index (κ2) is 6.98. The van der Waals surface area contributed by atoms with Crippen molar-refractivity contribution in [3.05, 3.63) is 58.1 Å². The molecule has 0 N–H and O–H groups in total. The van der Waals surface area contributed by atoms with Crippen molar-refractivity contribution in [1.82, 2.24) is 24.5 Å². The van der Waals surface area contributed by atoms with Crippen LogP contribution in [0.2, 0.25) is 0 Å². The highest BCUT2D eigenvalue weighted by Crippen LogP contribution is 2.23. The average Bonchev–Trinajstić information content (AvgIpc) is 3.02. The van der Waals surface area contributed by atoms with Gasteiger partial charge in [0.1, 0.15) is 0 Å². The van der Waals surface area contributed by atoms with Gasteiger partial charge in [-0.3, -0.25) is 14.3 Å². The van der Waals surface area contributed by atoms with Gasteiger partial charge in [-0.1, -0.05) is 18.2 Å². The molecule has 1 aromatic carbocycles. The Bertz CT molecular complexity index is 1040. The number of aryl methyl sites for hydroxylation is 2. The van der Waals surface area contributed by atoms with Gasteiger partial charge in [0, 0.05) is 38.1 Å². The van der Waals surface area contributed by atoms with Crippen LogP contribution in [0.4, 0.5) is 0 Å². The van der Waals surface area contributed by atoms with Gasteiger partial charge in [0.05, 0.1) is 11.2 Å². The Morgan fingerprint density at radius 3 is 2.63 bits per heavy atom. The number of nitrogens with zero attached hydrogens (tertiary/aromatic N) is 5. The lowest BCUT2D eigenvalue weighted by atomic mass is 9.96. The standard InChI is InChI=1S/C20H23N5O2/c1-14-7-8-18(26)25(21-14)13-15-9-11-24(12-10-15)20(27)19-16-5-3-4-6-17(16)23(2)22-19/h3-8,15H,9-13H2,1-2H3. The summed E-state index contributed by atoms with van der Waals surface area (Å²) in [7, 11) is 1.86. The highest BCUT2D eigenvalue weighted by molar-refractivity contribution is 6.04. The topological polar surface area (TPSA) is 73.0 Å². The van der Waals surface area contributed by atoms with Crippen LogP contribution in [0.25, 0.3) is 10.9 Å². The van der Waals surface area contributed by atoms with Crippen molar-refractivity contribution in [3.8, 4) is 0 Å². The zero-order valence-electron chi connectivity index (χ0n) is 15.6. The molecule has 3 aromatic rings. The largest absolute Gasteiger partial charge is 0.337 e. The van der Waals surface area contributed by atoms with Crippen molar-refractivity contribution in [2.24, 2.45) is 13.0 Å². The van der Waals surface area contributed by atoms with Crippen molar-refractivity contribution in [3.63, 3.8) is 0 Å². The quantitative estimate of drug-likeness (QED) is 0.712. The van der Waals surface area contributed by atoms with Crippen LogP contribution in [-0.4, -0.2) is 43.5 Å². The summed E-state index contributed by atoms with van der Waals surface area (Å²) in [4.78, 5) is 26.8. The van der Waals surface area contributed by atoms with Crippen LogP contribution < -0.4 is 5.56 Å². The summed E-state index contributed by atoms with van der Waals surface area (Å²) in [5.41, 5.74) is 2.24. The van der Waals surface area contributed by atoms with Gasteiger partial charge in [0.25, 0.3) is 11.5 Å². The van der Waals surface area contributed by atoms with Gasteiger partial charge in [0.15, 0.2) is 5.69 Å². The van der Waals surface area contributed by atoms with Gasteiger partial charge in [-0.25, -0.2) is 4.68 Å². The highest BCUT2D eigenvalue weighted by atomic mass is 16.2. The molecule has 27 heavy (non-hydrogen) atoms. The molecule has 0 unspecified atom stereocenters. The SMILES string of the molecule is Cc1ccc(=O)n(CC2CCN(C(=O)c3nn(C)c4ccccc34)CC2)n1. The van der Waals surface area contributed by atoms with E-state index >= 15 is 0 Å². The van der Waals surface area contributed by atoms with Gasteiger partial charge in [-0.15, -0.1) is 0 Å². The first-order valence-electron chi connectivity index (χ1n) is 9.28. The first-order chi connectivity index (χ1) is 13.0. The molecule has 1 aliphatic rings. The molecule has 0 spiro atoms. The number of fused-ring (bicyclic) bond motifs is 1. The Morgan fingerprint density at radius 1 is 1.11 bits per heavy atom. The Morgan fingerprint density at radius 2 is 1.85 bits per heavy atom. The molecule has 1 aliphatic heterocycles. The third kappa shape index (κ3) is 3.37. The van der Waals surface area contributed by atoms with E-state index in [0.717, 1.165) is 29.4 Å². The number of hydrogen-bond acceptors (Lipinski definition) is 4. The van der Waals surface area contributed by atoms with Crippen molar-refractivity contribution in [2.45, 2.75) is 26.3 Å². The number of carbonyl (C=O) groups is 1. The van der Waals surface area contributed by atoms with Gasteiger partial charge in [0.2, 0.25) is 0 Å². The van der Waals surface area contributed by atoms with Crippen LogP contribution in [0, 0.1) is 12.8 Å². The zero-order valence-corrected chi connectivity index (χ0v) is 15.6. The summed E-state index contributed by atoms with van der Waals surface area (Å²) >= 11 is 0. The fraction of sp³-hybridized carbons (Fsp3) is 0.400. The molecule has 3 heterocycles. The molecule has 4 rings (SSSR count). The maximum atomic E-state index is 13.0. The minimum atomic E-state index is -0.0703. The maximum Gasteiger partial charge on any atom is 0.275 e. The van der Waals surface area contributed by atoms with E-state index in [1.54, 1.807) is 21.5 Å². The minimum absolute atomic E-state index is 0.0175. The predicted octanol–water partition coefficient (Wildman–Crippen LogP) is 1.99. The van der Waals surface area contributed by atoms with Crippen LogP contribution in [0.1, 0.15) is 29.0 Å². The number of piperidine rings is 1. The molecule has 7 nitrogen and oxygen atoms in total. The summed E-state index contributed by atoms with van der Waals surface area (Å²) in [5.74, 6) is 0.331. The summed E-state index contributed by atoms with van der Waals surface area (Å²) in [6.07, 6.45) is 1.72. The van der Waals surface area contributed by atoms with E-state index in [0.29, 0.717) is 31.2 Å². The van der Waals surface area contributed by atoms with E-state index in [2.05, 4.69) is 10.2 Å². The molecule has 1 fully saturated rings. The lowest BCUT2D eigenvalue weighted by Gasteiger charge is -2.31. The molecule has 1 saturated heterocycles. The molecule has 0 aliphatic carbocycles. The van der Waals surface area contributed by atoms with Crippen LogP contribution in [0.3, 0.4) is 0 Å². The van der Waals surface area contributed by atoms with E-state index in [-0.39, 0.29) is 11.5 Å². The molecule has 0 atom stereocenters. The summed E-state index contributed by atoms with van der Waals surface area (Å²) in [6.45, 7) is 3.84. The summed E-state index contributed by atoms with van der Waals surface area (Å²) in [6, 6.07) is 11.1. The van der Waals surface area contributed by atoms with Crippen LogP contribution in [-0.2, 0) is 13.6 Å². The smallest absolute Gasteiger partial charge is 0.275 e. The lowest BCUT2D eigenvalue weighted by Crippen LogP contribution is -2.40. The number of rotatable bonds is 3. The van der Waals surface area contributed by atoms with Gasteiger partial charge >= 0.3 is 0 Å². The second-order valence-corrected chi connectivity index (χ2v) is 7.22. The van der Waals surface area contributed by atoms with E-state index in [1.165, 1.54) is 0 Å². The molecular formula is C20H23N5O2. The normalized spacial score (nSPS) is 15.4. The Kier molecular flexibility index (Phi) is 4.51. The second-order valence-electron chi connectivity index (χ2n) is 7.22. The number of aromatic nitrogens is 4. The first kappa shape index (κ1) is 17.5. The Labute approximate surface area is 157 Å². The summed E-state index contributed by atoms with van der Waals surface area (Å²) in [5, 5.41) is 9.65. The maximum absolute atomic E-state index is 13.0. The van der Waals surface area contributed by atoms with E-state index in [9.17, 15) is 9.59 Å². The monoisotopic (exact) mass is 365 g/mol. The predicted molar refractivity (Wildman–Crippen MR) is 103 cm³/mol. The molecule has 7 heteroatoms. The van der Waals surface area contributed by atoms with Gasteiger partial charge in [-0.05, 0) is 37.8 Å². The van der Waals surface area contributed by atoms with Crippen molar-refractivity contribution >= 4 is 16.8 Å². The molecule has 2 aromatic heterocycles. The third-order valence-corrected chi connectivity index (χ3v) is 5.29. The van der Waals surface area contributed by atoms with E-state index in [1.807, 2.05) is 43.1 Å². The van der Waals surface area contributed by atoms with Crippen LogP contribution in [0.5, 0.6) is 0 Å². The van der Waals surface area contributed by atoms with E-state index < -0.39 is 0 Å². The number of benzene rings is 1. The molecule has 1 amide bonds. The molecule has 0 bridgehead atoms. The first-order valence-corrected chi connectivity index (χ1v) is 9.28.